The zero-order chi connectivity index (χ0) is 15.5. The number of halogens is 5. The standard InChI is InChI=1S/C15H12ClF4N/c16-13-5-2-6-14(17)12(13)9-21-8-10-3-1-4-11(7-10)15(18,19)20/h1-7,21H,8-9H2. The molecule has 0 heterocycles. The van der Waals surface area contributed by atoms with Crippen molar-refractivity contribution in [3.8, 4) is 0 Å². The summed E-state index contributed by atoms with van der Waals surface area (Å²) in [4.78, 5) is 0. The first kappa shape index (κ1) is 15.8. The van der Waals surface area contributed by atoms with Gasteiger partial charge >= 0.3 is 6.18 Å². The summed E-state index contributed by atoms with van der Waals surface area (Å²) in [6.45, 7) is 0.330. The molecular formula is C15H12ClF4N. The Balaban J connectivity index is 2.01. The first-order valence-electron chi connectivity index (χ1n) is 6.17. The van der Waals surface area contributed by atoms with Gasteiger partial charge in [-0.2, -0.15) is 13.2 Å². The van der Waals surface area contributed by atoms with E-state index in [0.29, 0.717) is 11.1 Å². The van der Waals surface area contributed by atoms with Crippen molar-refractivity contribution in [3.05, 3.63) is 70.0 Å². The van der Waals surface area contributed by atoms with E-state index in [-0.39, 0.29) is 18.1 Å². The number of nitrogens with one attached hydrogen (secondary N) is 1. The van der Waals surface area contributed by atoms with E-state index in [1.54, 1.807) is 12.1 Å². The molecule has 21 heavy (non-hydrogen) atoms. The molecule has 0 aliphatic carbocycles. The van der Waals surface area contributed by atoms with Crippen molar-refractivity contribution in [1.82, 2.24) is 5.32 Å². The largest absolute Gasteiger partial charge is 0.416 e. The average molecular weight is 318 g/mol. The van der Waals surface area contributed by atoms with E-state index in [2.05, 4.69) is 5.32 Å². The smallest absolute Gasteiger partial charge is 0.308 e. The molecule has 2 aromatic rings. The molecule has 0 aromatic heterocycles. The second-order valence-electron chi connectivity index (χ2n) is 4.50. The van der Waals surface area contributed by atoms with E-state index in [1.165, 1.54) is 18.2 Å². The van der Waals surface area contributed by atoms with Crippen LogP contribution in [-0.4, -0.2) is 0 Å². The van der Waals surface area contributed by atoms with Crippen molar-refractivity contribution in [2.75, 3.05) is 0 Å². The van der Waals surface area contributed by atoms with Crippen LogP contribution in [0.3, 0.4) is 0 Å². The van der Waals surface area contributed by atoms with Gasteiger partial charge in [-0.05, 0) is 23.8 Å². The molecule has 6 heteroatoms. The lowest BCUT2D eigenvalue weighted by atomic mass is 10.1. The van der Waals surface area contributed by atoms with Gasteiger partial charge in [-0.3, -0.25) is 0 Å². The topological polar surface area (TPSA) is 12.0 Å². The van der Waals surface area contributed by atoms with E-state index < -0.39 is 17.6 Å². The van der Waals surface area contributed by atoms with Gasteiger partial charge in [0.05, 0.1) is 5.56 Å². The molecular weight excluding hydrogens is 306 g/mol. The Morgan fingerprint density at radius 2 is 1.71 bits per heavy atom. The minimum Gasteiger partial charge on any atom is -0.308 e. The van der Waals surface area contributed by atoms with Gasteiger partial charge in [0, 0.05) is 23.7 Å². The molecule has 0 bridgehead atoms. The lowest BCUT2D eigenvalue weighted by Gasteiger charge is -2.10. The molecule has 1 N–H and O–H groups in total. The van der Waals surface area contributed by atoms with Crippen LogP contribution in [0.15, 0.2) is 42.5 Å². The Labute approximate surface area is 124 Å². The summed E-state index contributed by atoms with van der Waals surface area (Å²) in [7, 11) is 0. The van der Waals surface area contributed by atoms with Crippen LogP contribution in [-0.2, 0) is 19.3 Å². The molecule has 0 fully saturated rings. The summed E-state index contributed by atoms with van der Waals surface area (Å²) in [5, 5.41) is 3.17. The predicted octanol–water partition coefficient (Wildman–Crippen LogP) is 4.79. The van der Waals surface area contributed by atoms with Crippen LogP contribution in [0.2, 0.25) is 5.02 Å². The molecule has 2 aromatic carbocycles. The number of benzene rings is 2. The van der Waals surface area contributed by atoms with Crippen molar-refractivity contribution < 1.29 is 17.6 Å². The molecule has 112 valence electrons. The summed E-state index contributed by atoms with van der Waals surface area (Å²) in [6.07, 6.45) is -4.37. The fourth-order valence-corrected chi connectivity index (χ4v) is 2.12. The third-order valence-electron chi connectivity index (χ3n) is 2.95. The van der Waals surface area contributed by atoms with E-state index in [9.17, 15) is 17.6 Å². The normalized spacial score (nSPS) is 11.7. The summed E-state index contributed by atoms with van der Waals surface area (Å²) in [5.41, 5.74) is 0.0640. The number of hydrogen-bond acceptors (Lipinski definition) is 1. The second-order valence-corrected chi connectivity index (χ2v) is 4.91. The monoisotopic (exact) mass is 317 g/mol. The fraction of sp³-hybridized carbons (Fsp3) is 0.200. The van der Waals surface area contributed by atoms with Crippen molar-refractivity contribution in [2.24, 2.45) is 0 Å². The van der Waals surface area contributed by atoms with Crippen molar-refractivity contribution in [3.63, 3.8) is 0 Å². The first-order valence-corrected chi connectivity index (χ1v) is 6.55. The second kappa shape index (κ2) is 6.45. The highest BCUT2D eigenvalue weighted by molar-refractivity contribution is 6.31. The molecule has 0 saturated heterocycles. The SMILES string of the molecule is Fc1cccc(Cl)c1CNCc1cccc(C(F)(F)F)c1. The molecule has 0 spiro atoms. The van der Waals surface area contributed by atoms with Crippen molar-refractivity contribution in [2.45, 2.75) is 19.3 Å². The molecule has 0 atom stereocenters. The highest BCUT2D eigenvalue weighted by Gasteiger charge is 2.30. The molecule has 2 rings (SSSR count). The van der Waals surface area contributed by atoms with Gasteiger partial charge in [0.25, 0.3) is 0 Å². The number of rotatable bonds is 4. The molecule has 0 aliphatic heterocycles. The van der Waals surface area contributed by atoms with Gasteiger partial charge in [-0.25, -0.2) is 4.39 Å². The minimum absolute atomic E-state index is 0.141. The van der Waals surface area contributed by atoms with Gasteiger partial charge in [0.1, 0.15) is 5.82 Å². The first-order chi connectivity index (χ1) is 9.88. The van der Waals surface area contributed by atoms with Crippen LogP contribution >= 0.6 is 11.6 Å². The van der Waals surface area contributed by atoms with E-state index in [0.717, 1.165) is 12.1 Å². The van der Waals surface area contributed by atoms with Gasteiger partial charge in [0.2, 0.25) is 0 Å². The molecule has 0 unspecified atom stereocenters. The maximum absolute atomic E-state index is 13.5. The highest BCUT2D eigenvalue weighted by atomic mass is 35.5. The minimum atomic E-state index is -4.37. The van der Waals surface area contributed by atoms with Crippen LogP contribution < -0.4 is 5.32 Å². The van der Waals surface area contributed by atoms with Crippen LogP contribution in [0, 0.1) is 5.82 Å². The van der Waals surface area contributed by atoms with Crippen LogP contribution in [0.5, 0.6) is 0 Å². The van der Waals surface area contributed by atoms with E-state index in [4.69, 9.17) is 11.6 Å². The summed E-state index contributed by atoms with van der Waals surface area (Å²) in [5.74, 6) is -0.445. The van der Waals surface area contributed by atoms with E-state index in [1.807, 2.05) is 0 Å². The third kappa shape index (κ3) is 4.19. The van der Waals surface area contributed by atoms with Gasteiger partial charge in [-0.15, -0.1) is 0 Å². The Hall–Kier alpha value is -1.59. The quantitative estimate of drug-likeness (QED) is 0.800. The Bertz CT molecular complexity index is 605. The maximum atomic E-state index is 13.5. The molecule has 0 saturated carbocycles. The lowest BCUT2D eigenvalue weighted by Crippen LogP contribution is -2.15. The van der Waals surface area contributed by atoms with Crippen LogP contribution in [0.25, 0.3) is 0 Å². The zero-order valence-electron chi connectivity index (χ0n) is 10.8. The Morgan fingerprint density at radius 1 is 1.00 bits per heavy atom. The van der Waals surface area contributed by atoms with Crippen molar-refractivity contribution in [1.29, 1.82) is 0 Å². The maximum Gasteiger partial charge on any atom is 0.416 e. The predicted molar refractivity (Wildman–Crippen MR) is 73.4 cm³/mol. The Morgan fingerprint density at radius 3 is 2.38 bits per heavy atom. The summed E-state index contributed by atoms with van der Waals surface area (Å²) in [6, 6.07) is 9.33. The highest BCUT2D eigenvalue weighted by Crippen LogP contribution is 2.29. The van der Waals surface area contributed by atoms with Crippen molar-refractivity contribution >= 4 is 11.6 Å². The Kier molecular flexibility index (Phi) is 4.85. The third-order valence-corrected chi connectivity index (χ3v) is 3.30. The van der Waals surface area contributed by atoms with Crippen LogP contribution in [0.1, 0.15) is 16.7 Å². The zero-order valence-corrected chi connectivity index (χ0v) is 11.6. The number of hydrogen-bond donors (Lipinski definition) is 1. The van der Waals surface area contributed by atoms with Gasteiger partial charge < -0.3 is 5.32 Å². The van der Waals surface area contributed by atoms with Crippen LogP contribution in [0.4, 0.5) is 17.6 Å². The molecule has 0 amide bonds. The molecule has 1 nitrogen and oxygen atoms in total. The van der Waals surface area contributed by atoms with Gasteiger partial charge in [-0.1, -0.05) is 35.9 Å². The van der Waals surface area contributed by atoms with Gasteiger partial charge in [0.15, 0.2) is 0 Å². The molecule has 0 aliphatic rings. The lowest BCUT2D eigenvalue weighted by molar-refractivity contribution is -0.137. The average Bonchev–Trinajstić information content (AvgIpc) is 2.41. The number of alkyl halides is 3. The van der Waals surface area contributed by atoms with E-state index >= 15 is 0 Å². The molecule has 0 radical (unpaired) electrons. The summed E-state index contributed by atoms with van der Waals surface area (Å²) >= 11 is 5.87. The fourth-order valence-electron chi connectivity index (χ4n) is 1.89. The summed E-state index contributed by atoms with van der Waals surface area (Å²) < 4.78 is 51.2.